The fourth-order valence-corrected chi connectivity index (χ4v) is 5.01. The maximum absolute atomic E-state index is 10.3. The van der Waals surface area contributed by atoms with Crippen LogP contribution in [-0.2, 0) is 29.7 Å². The predicted octanol–water partition coefficient (Wildman–Crippen LogP) is 2.07. The Morgan fingerprint density at radius 3 is 2.40 bits per heavy atom. The van der Waals surface area contributed by atoms with Crippen LogP contribution in [0.15, 0.2) is 12.1 Å². The molecule has 4 rings (SSSR count). The van der Waals surface area contributed by atoms with Crippen molar-refractivity contribution in [3.63, 3.8) is 0 Å². The first-order chi connectivity index (χ1) is 11.6. The zero-order valence-corrected chi connectivity index (χ0v) is 15.2. The van der Waals surface area contributed by atoms with Gasteiger partial charge in [0.05, 0.1) is 12.2 Å². The minimum absolute atomic E-state index is 0.0927. The van der Waals surface area contributed by atoms with Crippen LogP contribution in [0.4, 0.5) is 0 Å². The average Bonchev–Trinajstić information content (AvgIpc) is 2.81. The molecule has 0 radical (unpaired) electrons. The van der Waals surface area contributed by atoms with Crippen LogP contribution in [0, 0.1) is 5.41 Å². The van der Waals surface area contributed by atoms with Gasteiger partial charge in [-0.05, 0) is 73.1 Å². The second-order valence-corrected chi connectivity index (χ2v) is 8.66. The summed E-state index contributed by atoms with van der Waals surface area (Å²) >= 11 is 0. The lowest BCUT2D eigenvalue weighted by atomic mass is 9.64. The number of fused-ring (bicyclic) bond motifs is 5. The highest BCUT2D eigenvalue weighted by atomic mass is 32.3. The number of benzene rings is 1. The van der Waals surface area contributed by atoms with Crippen molar-refractivity contribution in [2.45, 2.75) is 70.0 Å². The Balaban J connectivity index is 0.000000324. The van der Waals surface area contributed by atoms with Crippen molar-refractivity contribution in [1.82, 2.24) is 0 Å². The highest BCUT2D eigenvalue weighted by Gasteiger charge is 2.49. The number of aliphatic hydroxyl groups excluding tert-OH is 2. The highest BCUT2D eigenvalue weighted by Crippen LogP contribution is 2.56. The van der Waals surface area contributed by atoms with Crippen LogP contribution >= 0.6 is 0 Å². The van der Waals surface area contributed by atoms with E-state index in [1.54, 1.807) is 5.56 Å². The van der Waals surface area contributed by atoms with E-state index < -0.39 is 10.4 Å². The summed E-state index contributed by atoms with van der Waals surface area (Å²) < 4.78 is 31.6. The van der Waals surface area contributed by atoms with Gasteiger partial charge in [0.15, 0.2) is 0 Å². The molecule has 3 aliphatic carbocycles. The van der Waals surface area contributed by atoms with Gasteiger partial charge in [0.2, 0.25) is 0 Å². The molecule has 0 spiro atoms. The molecule has 0 aliphatic heterocycles. The van der Waals surface area contributed by atoms with Gasteiger partial charge in [0.25, 0.3) is 0 Å². The van der Waals surface area contributed by atoms with Crippen LogP contribution in [-0.4, -0.2) is 39.9 Å². The van der Waals surface area contributed by atoms with Crippen molar-refractivity contribution in [3.05, 3.63) is 34.4 Å². The molecule has 4 atom stereocenters. The van der Waals surface area contributed by atoms with Gasteiger partial charge in [-0.15, -0.1) is 0 Å². The van der Waals surface area contributed by atoms with Crippen molar-refractivity contribution in [2.24, 2.45) is 5.41 Å². The second kappa shape index (κ2) is 6.63. The fraction of sp³-hybridized carbons (Fsp3) is 0.667. The Morgan fingerprint density at radius 1 is 1.04 bits per heavy atom. The third-order valence-electron chi connectivity index (χ3n) is 6.32. The monoisotopic (exact) mass is 370 g/mol. The maximum Gasteiger partial charge on any atom is 0.394 e. The van der Waals surface area contributed by atoms with Gasteiger partial charge in [0, 0.05) is 5.41 Å². The molecule has 4 N–H and O–H groups in total. The van der Waals surface area contributed by atoms with E-state index >= 15 is 0 Å². The molecule has 140 valence electrons. The smallest absolute Gasteiger partial charge is 0.393 e. The lowest BCUT2D eigenvalue weighted by Gasteiger charge is -2.41. The molecular weight excluding hydrogens is 344 g/mol. The largest absolute Gasteiger partial charge is 0.394 e. The van der Waals surface area contributed by atoms with E-state index in [2.05, 4.69) is 19.1 Å². The normalized spacial score (nSPS) is 33.6. The van der Waals surface area contributed by atoms with Gasteiger partial charge in [-0.25, -0.2) is 0 Å². The van der Waals surface area contributed by atoms with Gasteiger partial charge < -0.3 is 10.2 Å². The SMILES string of the molecule is C[C@]12CCc3c(ccc4c3CCC(O)C4)[C@@H]1CCC2O.O=S(=O)(O)O. The van der Waals surface area contributed by atoms with Gasteiger partial charge in [-0.1, -0.05) is 19.1 Å². The van der Waals surface area contributed by atoms with Gasteiger partial charge >= 0.3 is 10.4 Å². The Hall–Kier alpha value is -0.990. The minimum Gasteiger partial charge on any atom is -0.393 e. The fourth-order valence-electron chi connectivity index (χ4n) is 5.01. The molecule has 2 unspecified atom stereocenters. The van der Waals surface area contributed by atoms with Gasteiger partial charge in [-0.3, -0.25) is 9.11 Å². The second-order valence-electron chi connectivity index (χ2n) is 7.77. The first-order valence-electron chi connectivity index (χ1n) is 8.79. The highest BCUT2D eigenvalue weighted by molar-refractivity contribution is 7.79. The maximum atomic E-state index is 10.3. The molecule has 0 amide bonds. The van der Waals surface area contributed by atoms with E-state index in [1.165, 1.54) is 16.7 Å². The molecule has 0 heterocycles. The number of aliphatic hydroxyl groups is 2. The van der Waals surface area contributed by atoms with Crippen LogP contribution in [0.5, 0.6) is 0 Å². The van der Waals surface area contributed by atoms with Gasteiger partial charge in [0.1, 0.15) is 0 Å². The van der Waals surface area contributed by atoms with Crippen molar-refractivity contribution in [1.29, 1.82) is 0 Å². The van der Waals surface area contributed by atoms with E-state index in [0.717, 1.165) is 44.9 Å². The zero-order valence-electron chi connectivity index (χ0n) is 14.4. The first kappa shape index (κ1) is 18.8. The lowest BCUT2D eigenvalue weighted by Crippen LogP contribution is -2.36. The molecule has 1 aromatic carbocycles. The topological polar surface area (TPSA) is 115 Å². The van der Waals surface area contributed by atoms with Crippen molar-refractivity contribution in [2.75, 3.05) is 0 Å². The average molecular weight is 370 g/mol. The Bertz CT molecular complexity index is 751. The zero-order chi connectivity index (χ0) is 18.4. The Kier molecular flexibility index (Phi) is 4.98. The molecule has 3 aliphatic rings. The molecule has 0 aromatic heterocycles. The van der Waals surface area contributed by atoms with Crippen LogP contribution in [0.1, 0.15) is 60.8 Å². The molecule has 7 heteroatoms. The lowest BCUT2D eigenvalue weighted by molar-refractivity contribution is 0.0455. The standard InChI is InChI=1S/C18H24O2.H2O4S/c1-18-9-8-14-13-5-3-12(19)10-11(13)2-4-15(14)16(18)6-7-17(18)20;1-5(2,3)4/h2,4,12,16-17,19-20H,3,5-10H2,1H3;(H2,1,2,3,4)/t12?,16-,17?,18-;/m0./s1. The summed E-state index contributed by atoms with van der Waals surface area (Å²) in [5.74, 6) is 0.540. The quantitative estimate of drug-likeness (QED) is 0.520. The molecule has 25 heavy (non-hydrogen) atoms. The third-order valence-corrected chi connectivity index (χ3v) is 6.32. The van der Waals surface area contributed by atoms with Crippen LogP contribution in [0.3, 0.4) is 0 Å². The molecular formula is C18H26O6S. The summed E-state index contributed by atoms with van der Waals surface area (Å²) in [6.45, 7) is 2.28. The van der Waals surface area contributed by atoms with Crippen molar-refractivity contribution < 1.29 is 27.7 Å². The molecule has 6 nitrogen and oxygen atoms in total. The van der Waals surface area contributed by atoms with E-state index in [1.807, 2.05) is 0 Å². The van der Waals surface area contributed by atoms with E-state index in [9.17, 15) is 10.2 Å². The summed E-state index contributed by atoms with van der Waals surface area (Å²) in [7, 11) is -4.67. The van der Waals surface area contributed by atoms with E-state index in [0.29, 0.717) is 5.92 Å². The van der Waals surface area contributed by atoms with Crippen molar-refractivity contribution >= 4 is 10.4 Å². The Morgan fingerprint density at radius 2 is 1.72 bits per heavy atom. The predicted molar refractivity (Wildman–Crippen MR) is 93.1 cm³/mol. The number of hydrogen-bond acceptors (Lipinski definition) is 4. The molecule has 1 saturated carbocycles. The Labute approximate surface area is 148 Å². The molecule has 1 fully saturated rings. The number of hydrogen-bond donors (Lipinski definition) is 4. The third kappa shape index (κ3) is 3.75. The summed E-state index contributed by atoms with van der Waals surface area (Å²) in [4.78, 5) is 0. The molecule has 0 saturated heterocycles. The molecule has 0 bridgehead atoms. The summed E-state index contributed by atoms with van der Waals surface area (Å²) in [5.41, 5.74) is 6.05. The summed E-state index contributed by atoms with van der Waals surface area (Å²) in [5, 5.41) is 20.2. The minimum atomic E-state index is -4.67. The van der Waals surface area contributed by atoms with E-state index in [-0.39, 0.29) is 17.6 Å². The number of rotatable bonds is 0. The van der Waals surface area contributed by atoms with E-state index in [4.69, 9.17) is 17.5 Å². The van der Waals surface area contributed by atoms with Crippen LogP contribution in [0.25, 0.3) is 0 Å². The van der Waals surface area contributed by atoms with Crippen molar-refractivity contribution in [3.8, 4) is 0 Å². The summed E-state index contributed by atoms with van der Waals surface area (Å²) in [6, 6.07) is 4.54. The summed E-state index contributed by atoms with van der Waals surface area (Å²) in [6.07, 6.45) is 6.81. The van der Waals surface area contributed by atoms with Crippen LogP contribution in [0.2, 0.25) is 0 Å². The van der Waals surface area contributed by atoms with Gasteiger partial charge in [-0.2, -0.15) is 8.42 Å². The molecule has 1 aromatic rings. The van der Waals surface area contributed by atoms with Crippen LogP contribution < -0.4 is 0 Å². The first-order valence-corrected chi connectivity index (χ1v) is 10.2.